The van der Waals surface area contributed by atoms with Crippen molar-refractivity contribution in [2.24, 2.45) is 0 Å². The van der Waals surface area contributed by atoms with Crippen LogP contribution in [-0.2, 0) is 6.61 Å². The zero-order chi connectivity index (χ0) is 19.5. The van der Waals surface area contributed by atoms with Crippen molar-refractivity contribution in [3.63, 3.8) is 0 Å². The molecule has 0 atom stereocenters. The summed E-state index contributed by atoms with van der Waals surface area (Å²) in [5.74, 6) is 2.32. The largest absolute Gasteiger partial charge is 0.489 e. The molecule has 1 aliphatic rings. The van der Waals surface area contributed by atoms with Crippen LogP contribution >= 0.6 is 0 Å². The van der Waals surface area contributed by atoms with Gasteiger partial charge in [0.1, 0.15) is 31.1 Å². The molecule has 144 valence electrons. The van der Waals surface area contributed by atoms with Crippen LogP contribution in [0.25, 0.3) is 10.9 Å². The lowest BCUT2D eigenvalue weighted by molar-refractivity contribution is 0.306. The van der Waals surface area contributed by atoms with Crippen molar-refractivity contribution in [2.75, 3.05) is 23.8 Å². The van der Waals surface area contributed by atoms with Crippen molar-refractivity contribution < 1.29 is 9.47 Å². The molecule has 0 saturated heterocycles. The van der Waals surface area contributed by atoms with E-state index in [4.69, 9.17) is 9.47 Å². The van der Waals surface area contributed by atoms with Crippen LogP contribution in [0.4, 0.5) is 17.2 Å². The minimum atomic E-state index is 0.542. The number of nitrogens with zero attached hydrogens (tertiary/aromatic N) is 2. The van der Waals surface area contributed by atoms with Crippen LogP contribution in [0.3, 0.4) is 0 Å². The number of hydrogen-bond acceptors (Lipinski definition) is 6. The Labute approximate surface area is 168 Å². The number of aromatic nitrogens is 2. The van der Waals surface area contributed by atoms with Crippen molar-refractivity contribution in [1.82, 2.24) is 9.97 Å². The molecule has 2 heterocycles. The van der Waals surface area contributed by atoms with E-state index in [1.807, 2.05) is 66.7 Å². The molecule has 0 unspecified atom stereocenters. The third-order valence-corrected chi connectivity index (χ3v) is 4.79. The van der Waals surface area contributed by atoms with Gasteiger partial charge in [-0.15, -0.1) is 0 Å². The van der Waals surface area contributed by atoms with Crippen LogP contribution in [0.1, 0.15) is 5.56 Å². The molecule has 0 amide bonds. The van der Waals surface area contributed by atoms with E-state index in [-0.39, 0.29) is 0 Å². The van der Waals surface area contributed by atoms with Gasteiger partial charge in [0.05, 0.1) is 16.6 Å². The minimum Gasteiger partial charge on any atom is -0.489 e. The summed E-state index contributed by atoms with van der Waals surface area (Å²) in [5.41, 5.74) is 3.86. The SMILES string of the molecule is c1ccc(COc2ccc(Nc3ncnc4ccc5c(c34)OCCN5)cc2)cc1. The summed E-state index contributed by atoms with van der Waals surface area (Å²) in [4.78, 5) is 8.83. The molecule has 3 aromatic carbocycles. The number of fused-ring (bicyclic) bond motifs is 3. The lowest BCUT2D eigenvalue weighted by Gasteiger charge is -2.21. The van der Waals surface area contributed by atoms with Gasteiger partial charge in [0, 0.05) is 12.2 Å². The van der Waals surface area contributed by atoms with E-state index in [2.05, 4.69) is 20.6 Å². The molecule has 0 radical (unpaired) electrons. The first-order valence-electron chi connectivity index (χ1n) is 9.55. The molecule has 5 rings (SSSR count). The number of hydrogen-bond donors (Lipinski definition) is 2. The Bertz CT molecular complexity index is 1130. The normalized spacial score (nSPS) is 12.6. The number of ether oxygens (including phenoxy) is 2. The van der Waals surface area contributed by atoms with Crippen LogP contribution in [0, 0.1) is 0 Å². The quantitative estimate of drug-likeness (QED) is 0.517. The molecule has 29 heavy (non-hydrogen) atoms. The van der Waals surface area contributed by atoms with Crippen molar-refractivity contribution >= 4 is 28.1 Å². The highest BCUT2D eigenvalue weighted by molar-refractivity contribution is 5.99. The van der Waals surface area contributed by atoms with E-state index in [1.54, 1.807) is 6.33 Å². The third-order valence-electron chi connectivity index (χ3n) is 4.79. The molecule has 1 aliphatic heterocycles. The van der Waals surface area contributed by atoms with Crippen molar-refractivity contribution in [1.29, 1.82) is 0 Å². The topological polar surface area (TPSA) is 68.3 Å². The first-order chi connectivity index (χ1) is 14.4. The van der Waals surface area contributed by atoms with Crippen LogP contribution in [0.15, 0.2) is 73.1 Å². The monoisotopic (exact) mass is 384 g/mol. The predicted octanol–water partition coefficient (Wildman–Crippen LogP) is 4.76. The number of anilines is 3. The van der Waals surface area contributed by atoms with Gasteiger partial charge in [0.25, 0.3) is 0 Å². The summed E-state index contributed by atoms with van der Waals surface area (Å²) < 4.78 is 11.8. The molecule has 1 aromatic heterocycles. The predicted molar refractivity (Wildman–Crippen MR) is 114 cm³/mol. The van der Waals surface area contributed by atoms with Gasteiger partial charge in [-0.2, -0.15) is 0 Å². The number of benzene rings is 3. The minimum absolute atomic E-state index is 0.542. The van der Waals surface area contributed by atoms with Gasteiger partial charge in [-0.3, -0.25) is 0 Å². The lowest BCUT2D eigenvalue weighted by Crippen LogP contribution is -2.18. The summed E-state index contributed by atoms with van der Waals surface area (Å²) in [6.07, 6.45) is 1.56. The molecule has 2 N–H and O–H groups in total. The van der Waals surface area contributed by atoms with E-state index in [0.29, 0.717) is 19.0 Å². The van der Waals surface area contributed by atoms with Gasteiger partial charge in [-0.05, 0) is 42.0 Å². The fourth-order valence-corrected chi connectivity index (χ4v) is 3.36. The number of rotatable bonds is 5. The summed E-state index contributed by atoms with van der Waals surface area (Å²) in [7, 11) is 0. The summed E-state index contributed by atoms with van der Waals surface area (Å²) >= 11 is 0. The maximum Gasteiger partial charge on any atom is 0.155 e. The van der Waals surface area contributed by atoms with Crippen LogP contribution in [0.5, 0.6) is 11.5 Å². The van der Waals surface area contributed by atoms with E-state index < -0.39 is 0 Å². The molecule has 0 saturated carbocycles. The van der Waals surface area contributed by atoms with Crippen molar-refractivity contribution in [3.05, 3.63) is 78.6 Å². The number of nitrogens with one attached hydrogen (secondary N) is 2. The fraction of sp³-hybridized carbons (Fsp3) is 0.130. The Morgan fingerprint density at radius 2 is 1.83 bits per heavy atom. The molecular formula is C23H20N4O2. The van der Waals surface area contributed by atoms with Gasteiger partial charge < -0.3 is 20.1 Å². The van der Waals surface area contributed by atoms with Gasteiger partial charge in [0.15, 0.2) is 5.75 Å². The Balaban J connectivity index is 1.37. The molecule has 4 aromatic rings. The standard InChI is InChI=1S/C23H20N4O2/c1-2-4-16(5-3-1)14-29-18-8-6-17(7-9-18)27-23-21-19(25-15-26-23)10-11-20-22(21)28-13-12-24-20/h1-11,15,24H,12-14H2,(H,25,26,27). The second-order valence-electron chi connectivity index (χ2n) is 6.76. The zero-order valence-corrected chi connectivity index (χ0v) is 15.8. The van der Waals surface area contributed by atoms with Gasteiger partial charge in [-0.1, -0.05) is 30.3 Å². The van der Waals surface area contributed by atoms with Crippen molar-refractivity contribution in [3.8, 4) is 11.5 Å². The third kappa shape index (κ3) is 3.65. The summed E-state index contributed by atoms with van der Waals surface area (Å²) in [6.45, 7) is 1.95. The summed E-state index contributed by atoms with van der Waals surface area (Å²) in [5, 5.41) is 7.62. The first-order valence-corrected chi connectivity index (χ1v) is 9.55. The maximum absolute atomic E-state index is 5.91. The average molecular weight is 384 g/mol. The maximum atomic E-state index is 5.91. The van der Waals surface area contributed by atoms with Gasteiger partial charge in [-0.25, -0.2) is 9.97 Å². The average Bonchev–Trinajstić information content (AvgIpc) is 2.79. The second-order valence-corrected chi connectivity index (χ2v) is 6.76. The van der Waals surface area contributed by atoms with Crippen LogP contribution in [-0.4, -0.2) is 23.1 Å². The van der Waals surface area contributed by atoms with E-state index in [1.165, 1.54) is 0 Å². The van der Waals surface area contributed by atoms with E-state index >= 15 is 0 Å². The fourth-order valence-electron chi connectivity index (χ4n) is 3.36. The summed E-state index contributed by atoms with van der Waals surface area (Å²) in [6, 6.07) is 21.9. The highest BCUT2D eigenvalue weighted by Gasteiger charge is 2.17. The first kappa shape index (κ1) is 17.3. The Kier molecular flexibility index (Phi) is 4.58. The molecule has 6 nitrogen and oxygen atoms in total. The lowest BCUT2D eigenvalue weighted by atomic mass is 10.1. The van der Waals surface area contributed by atoms with Crippen LogP contribution in [0.2, 0.25) is 0 Å². The molecule has 0 fully saturated rings. The molecule has 0 spiro atoms. The smallest absolute Gasteiger partial charge is 0.155 e. The highest BCUT2D eigenvalue weighted by Crippen LogP contribution is 2.39. The van der Waals surface area contributed by atoms with E-state index in [0.717, 1.165) is 45.9 Å². The van der Waals surface area contributed by atoms with Gasteiger partial charge >= 0.3 is 0 Å². The molecular weight excluding hydrogens is 364 g/mol. The van der Waals surface area contributed by atoms with E-state index in [9.17, 15) is 0 Å². The highest BCUT2D eigenvalue weighted by atomic mass is 16.5. The van der Waals surface area contributed by atoms with Gasteiger partial charge in [0.2, 0.25) is 0 Å². The molecule has 0 aliphatic carbocycles. The molecule has 6 heteroatoms. The Hall–Kier alpha value is -3.80. The second kappa shape index (κ2) is 7.67. The Morgan fingerprint density at radius 1 is 0.966 bits per heavy atom. The molecule has 0 bridgehead atoms. The zero-order valence-electron chi connectivity index (χ0n) is 15.8. The van der Waals surface area contributed by atoms with Crippen LogP contribution < -0.4 is 20.1 Å². The Morgan fingerprint density at radius 3 is 2.69 bits per heavy atom. The van der Waals surface area contributed by atoms with Crippen molar-refractivity contribution in [2.45, 2.75) is 6.61 Å².